The molecule has 0 bridgehead atoms. The first-order chi connectivity index (χ1) is 8.38. The van der Waals surface area contributed by atoms with E-state index in [0.29, 0.717) is 5.56 Å². The lowest BCUT2D eigenvalue weighted by molar-refractivity contribution is -0.140. The molecule has 0 atom stereocenters. The van der Waals surface area contributed by atoms with Crippen LogP contribution in [-0.2, 0) is 22.3 Å². The van der Waals surface area contributed by atoms with Gasteiger partial charge in [0.25, 0.3) is 5.91 Å². The topological polar surface area (TPSA) is 37.4 Å². The Kier molecular flexibility index (Phi) is 3.11. The molecule has 0 N–H and O–H groups in total. The first-order valence-corrected chi connectivity index (χ1v) is 5.36. The summed E-state index contributed by atoms with van der Waals surface area (Å²) < 4.78 is 37.5. The van der Waals surface area contributed by atoms with Gasteiger partial charge in [-0.2, -0.15) is 13.2 Å². The highest BCUT2D eigenvalue weighted by atomic mass is 19.4. The highest BCUT2D eigenvalue weighted by Crippen LogP contribution is 2.29. The van der Waals surface area contributed by atoms with Gasteiger partial charge in [-0.3, -0.25) is 9.59 Å². The van der Waals surface area contributed by atoms with Gasteiger partial charge in [0, 0.05) is 19.5 Å². The van der Waals surface area contributed by atoms with E-state index in [1.54, 1.807) is 0 Å². The molecule has 0 spiro atoms. The normalized spacial score (nSPS) is 16.5. The summed E-state index contributed by atoms with van der Waals surface area (Å²) in [6, 6.07) is 4.77. The number of hydrogen-bond donors (Lipinski definition) is 0. The average Bonchev–Trinajstić information content (AvgIpc) is 2.60. The van der Waals surface area contributed by atoms with Gasteiger partial charge in [0.1, 0.15) is 0 Å². The van der Waals surface area contributed by atoms with Gasteiger partial charge in [-0.1, -0.05) is 12.1 Å². The monoisotopic (exact) mass is 257 g/mol. The van der Waals surface area contributed by atoms with E-state index in [0.717, 1.165) is 12.1 Å². The Labute approximate surface area is 101 Å². The van der Waals surface area contributed by atoms with Crippen molar-refractivity contribution in [3.63, 3.8) is 0 Å². The molecule has 1 amide bonds. The molecule has 6 heteroatoms. The Morgan fingerprint density at radius 1 is 1.22 bits per heavy atom. The zero-order chi connectivity index (χ0) is 13.3. The van der Waals surface area contributed by atoms with Crippen molar-refractivity contribution < 1.29 is 22.8 Å². The van der Waals surface area contributed by atoms with E-state index >= 15 is 0 Å². The molecule has 1 aromatic rings. The third-order valence-electron chi connectivity index (χ3n) is 2.76. The van der Waals surface area contributed by atoms with Crippen LogP contribution in [0.15, 0.2) is 24.3 Å². The van der Waals surface area contributed by atoms with E-state index in [9.17, 15) is 22.8 Å². The second-order valence-electron chi connectivity index (χ2n) is 4.10. The third kappa shape index (κ3) is 2.52. The smallest absolute Gasteiger partial charge is 0.331 e. The molecular formula is C12H10F3NO2. The predicted octanol–water partition coefficient (Wildman–Crippen LogP) is 2.01. The first kappa shape index (κ1) is 12.6. The lowest BCUT2D eigenvalue weighted by Gasteiger charge is -2.15. The van der Waals surface area contributed by atoms with Gasteiger partial charge in [0.05, 0.1) is 5.56 Å². The van der Waals surface area contributed by atoms with Gasteiger partial charge < -0.3 is 4.90 Å². The molecule has 1 aliphatic rings. The summed E-state index contributed by atoms with van der Waals surface area (Å²) in [5.74, 6) is -1.10. The molecule has 1 fully saturated rings. The van der Waals surface area contributed by atoms with Crippen LogP contribution in [0.3, 0.4) is 0 Å². The molecule has 1 heterocycles. The number of carbonyl (C=O) groups excluding carboxylic acids is 2. The second kappa shape index (κ2) is 4.44. The van der Waals surface area contributed by atoms with Crippen LogP contribution < -0.4 is 0 Å². The molecule has 0 radical (unpaired) electrons. The fourth-order valence-electron chi connectivity index (χ4n) is 1.84. The molecule has 18 heavy (non-hydrogen) atoms. The van der Waals surface area contributed by atoms with Crippen LogP contribution in [0.5, 0.6) is 0 Å². The Balaban J connectivity index is 2.15. The Morgan fingerprint density at radius 2 is 1.94 bits per heavy atom. The Morgan fingerprint density at radius 3 is 2.50 bits per heavy atom. The molecule has 2 rings (SSSR count). The maximum atomic E-state index is 12.5. The minimum Gasteiger partial charge on any atom is -0.331 e. The largest absolute Gasteiger partial charge is 0.416 e. The zero-order valence-corrected chi connectivity index (χ0v) is 9.33. The molecule has 0 saturated carbocycles. The summed E-state index contributed by atoms with van der Waals surface area (Å²) >= 11 is 0. The zero-order valence-electron chi connectivity index (χ0n) is 9.33. The van der Waals surface area contributed by atoms with Crippen LogP contribution in [0.1, 0.15) is 17.5 Å². The second-order valence-corrected chi connectivity index (χ2v) is 4.10. The maximum Gasteiger partial charge on any atom is 0.416 e. The Hall–Kier alpha value is -1.85. The van der Waals surface area contributed by atoms with Crippen molar-refractivity contribution in [1.29, 1.82) is 0 Å². The molecule has 0 aliphatic carbocycles. The quantitative estimate of drug-likeness (QED) is 0.760. The van der Waals surface area contributed by atoms with Gasteiger partial charge in [-0.15, -0.1) is 0 Å². The van der Waals surface area contributed by atoms with Gasteiger partial charge in [0.15, 0.2) is 0 Å². The molecule has 0 aromatic heterocycles. The number of carbonyl (C=O) groups is 2. The van der Waals surface area contributed by atoms with Gasteiger partial charge >= 0.3 is 6.18 Å². The number of benzene rings is 1. The number of halogens is 3. The van der Waals surface area contributed by atoms with Gasteiger partial charge in [-0.05, 0) is 17.7 Å². The number of amides is 1. The molecule has 96 valence electrons. The van der Waals surface area contributed by atoms with Crippen molar-refractivity contribution in [2.75, 3.05) is 6.54 Å². The van der Waals surface area contributed by atoms with Gasteiger partial charge in [-0.25, -0.2) is 0 Å². The van der Waals surface area contributed by atoms with E-state index in [4.69, 9.17) is 0 Å². The summed E-state index contributed by atoms with van der Waals surface area (Å²) in [5.41, 5.74) is -0.383. The summed E-state index contributed by atoms with van der Waals surface area (Å²) in [6.45, 7) is 0.308. The van der Waals surface area contributed by atoms with Crippen LogP contribution in [0.4, 0.5) is 13.2 Å². The fraction of sp³-hybridized carbons (Fsp3) is 0.333. The summed E-state index contributed by atoms with van der Waals surface area (Å²) in [7, 11) is 0. The maximum absolute atomic E-state index is 12.5. The summed E-state index contributed by atoms with van der Waals surface area (Å²) in [4.78, 5) is 23.6. The predicted molar refractivity (Wildman–Crippen MR) is 56.5 cm³/mol. The lowest BCUT2D eigenvalue weighted by atomic mass is 10.1. The highest BCUT2D eigenvalue weighted by molar-refractivity contribution is 6.37. The van der Waals surface area contributed by atoms with E-state index in [1.165, 1.54) is 17.0 Å². The van der Waals surface area contributed by atoms with E-state index < -0.39 is 23.4 Å². The van der Waals surface area contributed by atoms with Crippen LogP contribution in [0.25, 0.3) is 0 Å². The van der Waals surface area contributed by atoms with E-state index in [-0.39, 0.29) is 19.5 Å². The van der Waals surface area contributed by atoms with Crippen molar-refractivity contribution in [3.8, 4) is 0 Å². The number of nitrogens with zero attached hydrogens (tertiary/aromatic N) is 1. The molecule has 3 nitrogen and oxygen atoms in total. The number of alkyl halides is 3. The SMILES string of the molecule is O=C1CCN(Cc2cccc(C(F)(F)F)c2)C1=O. The van der Waals surface area contributed by atoms with Crippen LogP contribution in [-0.4, -0.2) is 23.1 Å². The number of rotatable bonds is 2. The highest BCUT2D eigenvalue weighted by Gasteiger charge is 2.32. The Bertz CT molecular complexity index is 496. The standard InChI is InChI=1S/C12H10F3NO2/c13-12(14,15)9-3-1-2-8(6-9)7-16-5-4-10(17)11(16)18/h1-3,6H,4-5,7H2. The summed E-state index contributed by atoms with van der Waals surface area (Å²) in [6.07, 6.45) is -4.27. The third-order valence-corrected chi connectivity index (χ3v) is 2.76. The number of hydrogen-bond acceptors (Lipinski definition) is 2. The number of ketones is 1. The molecular weight excluding hydrogens is 247 g/mol. The number of Topliss-reactive ketones (excluding diaryl/α,β-unsaturated/α-hetero) is 1. The molecule has 1 aliphatic heterocycles. The van der Waals surface area contributed by atoms with Crippen LogP contribution in [0, 0.1) is 0 Å². The van der Waals surface area contributed by atoms with Crippen molar-refractivity contribution >= 4 is 11.7 Å². The molecule has 1 saturated heterocycles. The van der Waals surface area contributed by atoms with Crippen molar-refractivity contribution in [2.45, 2.75) is 19.1 Å². The molecule has 1 aromatic carbocycles. The van der Waals surface area contributed by atoms with Crippen LogP contribution >= 0.6 is 0 Å². The van der Waals surface area contributed by atoms with E-state index in [1.807, 2.05) is 0 Å². The lowest BCUT2D eigenvalue weighted by Crippen LogP contribution is -2.27. The fourth-order valence-corrected chi connectivity index (χ4v) is 1.84. The van der Waals surface area contributed by atoms with Crippen molar-refractivity contribution in [1.82, 2.24) is 4.90 Å². The summed E-state index contributed by atoms with van der Waals surface area (Å²) in [5, 5.41) is 0. The van der Waals surface area contributed by atoms with E-state index in [2.05, 4.69) is 0 Å². The van der Waals surface area contributed by atoms with Crippen LogP contribution in [0.2, 0.25) is 0 Å². The minimum absolute atomic E-state index is 0.0362. The number of likely N-dealkylation sites (tertiary alicyclic amines) is 1. The average molecular weight is 257 g/mol. The first-order valence-electron chi connectivity index (χ1n) is 5.36. The van der Waals surface area contributed by atoms with Crippen molar-refractivity contribution in [3.05, 3.63) is 35.4 Å². The molecule has 0 unspecified atom stereocenters. The minimum atomic E-state index is -4.40. The van der Waals surface area contributed by atoms with Crippen molar-refractivity contribution in [2.24, 2.45) is 0 Å². The van der Waals surface area contributed by atoms with Gasteiger partial charge in [0.2, 0.25) is 5.78 Å².